The number of carbonyl (C=O) groups excluding carboxylic acids is 2. The first kappa shape index (κ1) is 11.3. The monoisotopic (exact) mass is 232 g/mol. The van der Waals surface area contributed by atoms with Crippen LogP contribution in [0, 0.1) is 0 Å². The Hall–Kier alpha value is -1.17. The predicted molar refractivity (Wildman–Crippen MR) is 49.3 cm³/mol. The lowest BCUT2D eigenvalue weighted by atomic mass is 9.95. The molecule has 0 spiro atoms. The predicted octanol–water partition coefficient (Wildman–Crippen LogP) is 0.361. The Morgan fingerprint density at radius 2 is 2.06 bits per heavy atom. The zero-order valence-electron chi connectivity index (χ0n) is 9.07. The molecule has 5 nitrogen and oxygen atoms in total. The topological polar surface area (TPSA) is 61.8 Å². The van der Waals surface area contributed by atoms with E-state index in [0.717, 1.165) is 0 Å². The molecule has 2 aliphatic heterocycles. The number of halogens is 1. The molecule has 0 aliphatic carbocycles. The zero-order chi connectivity index (χ0) is 11.9. The number of esters is 2. The van der Waals surface area contributed by atoms with E-state index in [1.807, 2.05) is 0 Å². The van der Waals surface area contributed by atoms with Crippen LogP contribution in [0.4, 0.5) is 4.39 Å². The molecule has 90 valence electrons. The van der Waals surface area contributed by atoms with E-state index >= 15 is 0 Å². The van der Waals surface area contributed by atoms with Gasteiger partial charge in [-0.25, -0.2) is 4.39 Å². The summed E-state index contributed by atoms with van der Waals surface area (Å²) < 4.78 is 29.2. The van der Waals surface area contributed by atoms with Gasteiger partial charge in [0.25, 0.3) is 0 Å². The van der Waals surface area contributed by atoms with E-state index in [1.54, 1.807) is 6.92 Å². The number of hydrogen-bond donors (Lipinski definition) is 0. The molecule has 0 amide bonds. The van der Waals surface area contributed by atoms with E-state index in [2.05, 4.69) is 0 Å². The van der Waals surface area contributed by atoms with Crippen molar-refractivity contribution in [3.8, 4) is 0 Å². The van der Waals surface area contributed by atoms with Gasteiger partial charge in [0.15, 0.2) is 11.8 Å². The number of rotatable bonds is 0. The van der Waals surface area contributed by atoms with Gasteiger partial charge in [0.2, 0.25) is 0 Å². The molecule has 0 aromatic carbocycles. The number of fused-ring (bicyclic) bond motifs is 1. The molecule has 6 heteroatoms. The van der Waals surface area contributed by atoms with Gasteiger partial charge in [-0.3, -0.25) is 9.59 Å². The number of hydrogen-bond acceptors (Lipinski definition) is 5. The van der Waals surface area contributed by atoms with Crippen molar-refractivity contribution in [2.24, 2.45) is 0 Å². The third kappa shape index (κ3) is 1.77. The van der Waals surface area contributed by atoms with Crippen molar-refractivity contribution < 1.29 is 28.2 Å². The highest BCUT2D eigenvalue weighted by molar-refractivity contribution is 5.91. The molecular formula is C10H13FO5. The summed E-state index contributed by atoms with van der Waals surface area (Å²) in [6.45, 7) is 2.79. The van der Waals surface area contributed by atoms with Gasteiger partial charge in [-0.2, -0.15) is 0 Å². The van der Waals surface area contributed by atoms with Gasteiger partial charge in [0, 0.05) is 0 Å². The molecule has 0 radical (unpaired) electrons. The second-order valence-corrected chi connectivity index (χ2v) is 4.24. The van der Waals surface area contributed by atoms with E-state index in [-0.39, 0.29) is 6.61 Å². The summed E-state index contributed by atoms with van der Waals surface area (Å²) in [6.07, 6.45) is -2.92. The van der Waals surface area contributed by atoms with E-state index in [9.17, 15) is 14.0 Å². The highest BCUT2D eigenvalue weighted by Crippen LogP contribution is 2.37. The van der Waals surface area contributed by atoms with Crippen LogP contribution in [0.25, 0.3) is 0 Å². The quantitative estimate of drug-likeness (QED) is 0.446. The Bertz CT molecular complexity index is 327. The minimum Gasteiger partial charge on any atom is -0.462 e. The fraction of sp³-hybridized carbons (Fsp3) is 0.800. The third-order valence-corrected chi connectivity index (χ3v) is 3.02. The average molecular weight is 232 g/mol. The smallest absolute Gasteiger partial charge is 0.317 e. The van der Waals surface area contributed by atoms with Crippen molar-refractivity contribution in [3.05, 3.63) is 0 Å². The van der Waals surface area contributed by atoms with Crippen LogP contribution in [0.3, 0.4) is 0 Å². The van der Waals surface area contributed by atoms with Gasteiger partial charge in [-0.05, 0) is 13.8 Å². The van der Waals surface area contributed by atoms with Crippen LogP contribution in [-0.2, 0) is 23.8 Å². The molecule has 2 fully saturated rings. The summed E-state index contributed by atoms with van der Waals surface area (Å²) in [6, 6.07) is 0. The van der Waals surface area contributed by atoms with Gasteiger partial charge >= 0.3 is 11.9 Å². The third-order valence-electron chi connectivity index (χ3n) is 3.02. The molecule has 0 aromatic heterocycles. The van der Waals surface area contributed by atoms with Crippen molar-refractivity contribution in [1.29, 1.82) is 0 Å². The lowest BCUT2D eigenvalue weighted by Crippen LogP contribution is -2.46. The number of ether oxygens (including phenoxy) is 3. The first-order chi connectivity index (χ1) is 7.41. The van der Waals surface area contributed by atoms with E-state index in [1.165, 1.54) is 6.92 Å². The molecule has 2 rings (SSSR count). The van der Waals surface area contributed by atoms with Gasteiger partial charge in [0.1, 0.15) is 19.1 Å². The maximum Gasteiger partial charge on any atom is 0.317 e. The van der Waals surface area contributed by atoms with Crippen LogP contribution in [0.1, 0.15) is 20.3 Å². The number of carbonyl (C=O) groups is 2. The molecule has 0 bridgehead atoms. The van der Waals surface area contributed by atoms with Gasteiger partial charge in [-0.15, -0.1) is 0 Å². The molecule has 16 heavy (non-hydrogen) atoms. The van der Waals surface area contributed by atoms with Gasteiger partial charge in [0.05, 0.1) is 6.10 Å². The Kier molecular flexibility index (Phi) is 2.61. The Labute approximate surface area is 91.8 Å². The molecule has 2 heterocycles. The van der Waals surface area contributed by atoms with Crippen LogP contribution in [-0.4, -0.2) is 42.5 Å². The second kappa shape index (κ2) is 3.69. The van der Waals surface area contributed by atoms with Crippen LogP contribution >= 0.6 is 0 Å². The van der Waals surface area contributed by atoms with Crippen molar-refractivity contribution in [2.45, 2.75) is 44.2 Å². The molecule has 0 N–H and O–H groups in total. The van der Waals surface area contributed by atoms with Crippen LogP contribution < -0.4 is 0 Å². The summed E-state index contributed by atoms with van der Waals surface area (Å²) in [5.74, 6) is -1.45. The first-order valence-electron chi connectivity index (χ1n) is 5.10. The van der Waals surface area contributed by atoms with Crippen molar-refractivity contribution >= 4 is 11.9 Å². The highest BCUT2D eigenvalue weighted by Gasteiger charge is 2.55. The normalized spacial score (nSPS) is 44.1. The SMILES string of the molecule is C[C@@H]1O[C@@H]2COC(=O)CC(=O)OC2[C@@]1(C)F. The first-order valence-corrected chi connectivity index (χ1v) is 5.10. The molecule has 0 aromatic rings. The minimum absolute atomic E-state index is 0.0827. The lowest BCUT2D eigenvalue weighted by Gasteiger charge is -2.27. The summed E-state index contributed by atoms with van der Waals surface area (Å²) in [5.41, 5.74) is -1.76. The summed E-state index contributed by atoms with van der Waals surface area (Å²) in [4.78, 5) is 22.2. The summed E-state index contributed by atoms with van der Waals surface area (Å²) >= 11 is 0. The largest absolute Gasteiger partial charge is 0.462 e. The maximum atomic E-state index is 14.2. The Morgan fingerprint density at radius 3 is 2.75 bits per heavy atom. The van der Waals surface area contributed by atoms with Crippen molar-refractivity contribution in [1.82, 2.24) is 0 Å². The number of cyclic esters (lactones) is 1. The molecule has 2 aliphatic rings. The Morgan fingerprint density at radius 1 is 1.38 bits per heavy atom. The summed E-state index contributed by atoms with van der Waals surface area (Å²) in [5, 5.41) is 0. The van der Waals surface area contributed by atoms with E-state index < -0.39 is 42.3 Å². The Balaban J connectivity index is 2.20. The van der Waals surface area contributed by atoms with Crippen LogP contribution in [0.5, 0.6) is 0 Å². The summed E-state index contributed by atoms with van der Waals surface area (Å²) in [7, 11) is 0. The fourth-order valence-corrected chi connectivity index (χ4v) is 1.91. The molecule has 1 unspecified atom stereocenters. The molecule has 4 atom stereocenters. The average Bonchev–Trinajstić information content (AvgIpc) is 2.36. The van der Waals surface area contributed by atoms with E-state index in [0.29, 0.717) is 0 Å². The fourth-order valence-electron chi connectivity index (χ4n) is 1.91. The second-order valence-electron chi connectivity index (χ2n) is 4.24. The lowest BCUT2D eigenvalue weighted by molar-refractivity contribution is -0.173. The van der Waals surface area contributed by atoms with Crippen molar-refractivity contribution in [2.75, 3.05) is 6.61 Å². The minimum atomic E-state index is -1.76. The highest BCUT2D eigenvalue weighted by atomic mass is 19.1. The zero-order valence-corrected chi connectivity index (χ0v) is 9.07. The van der Waals surface area contributed by atoms with Gasteiger partial charge in [-0.1, -0.05) is 0 Å². The standard InChI is InChI=1S/C10H13FO5/c1-5-10(2,11)9-6(15-5)4-14-7(12)3-8(13)16-9/h5-6,9H,3-4H2,1-2H3/t5-,6+,9?,10-/m0/s1. The van der Waals surface area contributed by atoms with Crippen molar-refractivity contribution in [3.63, 3.8) is 0 Å². The van der Waals surface area contributed by atoms with E-state index in [4.69, 9.17) is 14.2 Å². The van der Waals surface area contributed by atoms with Crippen LogP contribution in [0.2, 0.25) is 0 Å². The van der Waals surface area contributed by atoms with Gasteiger partial charge < -0.3 is 14.2 Å². The number of alkyl halides is 1. The van der Waals surface area contributed by atoms with Crippen LogP contribution in [0.15, 0.2) is 0 Å². The molecule has 0 saturated carbocycles. The molecule has 2 saturated heterocycles. The molecular weight excluding hydrogens is 219 g/mol. The maximum absolute atomic E-state index is 14.2.